The van der Waals surface area contributed by atoms with E-state index >= 15 is 0 Å². The molecule has 19 heavy (non-hydrogen) atoms. The maximum absolute atomic E-state index is 12.0. The quantitative estimate of drug-likeness (QED) is 0.824. The summed E-state index contributed by atoms with van der Waals surface area (Å²) >= 11 is 0. The predicted molar refractivity (Wildman–Crippen MR) is 68.0 cm³/mol. The van der Waals surface area contributed by atoms with Crippen LogP contribution in [0.2, 0.25) is 0 Å². The first-order chi connectivity index (χ1) is 9.01. The first-order valence-corrected chi connectivity index (χ1v) is 6.14. The SMILES string of the molecule is COc1cc2c(cc1C(=O)CCC(=O)O)OC(C)C2. The van der Waals surface area contributed by atoms with Crippen molar-refractivity contribution in [1.29, 1.82) is 0 Å². The molecule has 2 rings (SSSR count). The van der Waals surface area contributed by atoms with Gasteiger partial charge in [-0.1, -0.05) is 0 Å². The number of Topliss-reactive ketones (excluding diaryl/α,β-unsaturated/α-hetero) is 1. The summed E-state index contributed by atoms with van der Waals surface area (Å²) in [7, 11) is 1.49. The third kappa shape index (κ3) is 2.86. The van der Waals surface area contributed by atoms with E-state index in [1.807, 2.05) is 6.92 Å². The van der Waals surface area contributed by atoms with Crippen molar-refractivity contribution in [2.75, 3.05) is 7.11 Å². The zero-order chi connectivity index (χ0) is 14.0. The fourth-order valence-corrected chi connectivity index (χ4v) is 2.18. The number of rotatable bonds is 5. The van der Waals surface area contributed by atoms with Crippen LogP contribution in [0.25, 0.3) is 0 Å². The Hall–Kier alpha value is -2.04. The fraction of sp³-hybridized carbons (Fsp3) is 0.429. The molecule has 1 aromatic rings. The highest BCUT2D eigenvalue weighted by Gasteiger charge is 2.24. The van der Waals surface area contributed by atoms with Gasteiger partial charge in [-0.25, -0.2) is 0 Å². The minimum atomic E-state index is -0.988. The smallest absolute Gasteiger partial charge is 0.303 e. The predicted octanol–water partition coefficient (Wildman–Crippen LogP) is 2.07. The van der Waals surface area contributed by atoms with Crippen molar-refractivity contribution in [3.05, 3.63) is 23.3 Å². The topological polar surface area (TPSA) is 72.8 Å². The molecular formula is C14H16O5. The number of ether oxygens (including phenoxy) is 2. The number of carboxylic acids is 1. The molecule has 1 N–H and O–H groups in total. The van der Waals surface area contributed by atoms with Crippen LogP contribution in [0, 0.1) is 0 Å². The molecule has 1 aliphatic rings. The number of methoxy groups -OCH3 is 1. The van der Waals surface area contributed by atoms with Crippen LogP contribution < -0.4 is 9.47 Å². The van der Waals surface area contributed by atoms with Crippen LogP contribution in [0.1, 0.15) is 35.7 Å². The molecule has 1 heterocycles. The van der Waals surface area contributed by atoms with Crippen molar-refractivity contribution in [2.24, 2.45) is 0 Å². The summed E-state index contributed by atoms with van der Waals surface area (Å²) < 4.78 is 10.8. The summed E-state index contributed by atoms with van der Waals surface area (Å²) in [5.74, 6) is -0.0673. The lowest BCUT2D eigenvalue weighted by Gasteiger charge is -2.10. The van der Waals surface area contributed by atoms with Crippen molar-refractivity contribution in [1.82, 2.24) is 0 Å². The molecule has 0 amide bonds. The Kier molecular flexibility index (Phi) is 3.74. The van der Waals surface area contributed by atoms with Crippen LogP contribution in [0.15, 0.2) is 12.1 Å². The van der Waals surface area contributed by atoms with E-state index in [1.54, 1.807) is 12.1 Å². The fourth-order valence-electron chi connectivity index (χ4n) is 2.18. The largest absolute Gasteiger partial charge is 0.496 e. The summed E-state index contributed by atoms with van der Waals surface area (Å²) in [5, 5.41) is 8.62. The molecule has 0 aliphatic carbocycles. The molecule has 0 fully saturated rings. The molecular weight excluding hydrogens is 248 g/mol. The monoisotopic (exact) mass is 264 g/mol. The lowest BCUT2D eigenvalue weighted by molar-refractivity contribution is -0.136. The number of carbonyl (C=O) groups is 2. The number of aliphatic carboxylic acids is 1. The Labute approximate surface area is 111 Å². The molecule has 1 aliphatic heterocycles. The van der Waals surface area contributed by atoms with Crippen LogP contribution in [-0.4, -0.2) is 30.1 Å². The average molecular weight is 264 g/mol. The summed E-state index contributed by atoms with van der Waals surface area (Å²) in [5.41, 5.74) is 1.40. The zero-order valence-electron chi connectivity index (χ0n) is 10.9. The summed E-state index contributed by atoms with van der Waals surface area (Å²) in [6, 6.07) is 3.45. The summed E-state index contributed by atoms with van der Waals surface area (Å²) in [4.78, 5) is 22.5. The van der Waals surface area contributed by atoms with Crippen LogP contribution >= 0.6 is 0 Å². The number of carbonyl (C=O) groups excluding carboxylic acids is 1. The molecule has 0 bridgehead atoms. The van der Waals surface area contributed by atoms with Gasteiger partial charge in [-0.05, 0) is 19.1 Å². The van der Waals surface area contributed by atoms with Gasteiger partial charge in [0.2, 0.25) is 0 Å². The first-order valence-electron chi connectivity index (χ1n) is 6.14. The Bertz CT molecular complexity index is 521. The minimum absolute atomic E-state index is 0.0416. The van der Waals surface area contributed by atoms with E-state index in [2.05, 4.69) is 0 Å². The van der Waals surface area contributed by atoms with Crippen molar-refractivity contribution in [3.63, 3.8) is 0 Å². The molecule has 5 heteroatoms. The molecule has 1 aromatic carbocycles. The highest BCUT2D eigenvalue weighted by Crippen LogP contribution is 2.35. The van der Waals surface area contributed by atoms with Gasteiger partial charge in [-0.3, -0.25) is 9.59 Å². The highest BCUT2D eigenvalue weighted by molar-refractivity contribution is 6.00. The summed E-state index contributed by atoms with van der Waals surface area (Å²) in [6.45, 7) is 1.96. The zero-order valence-corrected chi connectivity index (χ0v) is 10.9. The van der Waals surface area contributed by atoms with Gasteiger partial charge in [0, 0.05) is 18.4 Å². The van der Waals surface area contributed by atoms with Crippen LogP contribution in [0.3, 0.4) is 0 Å². The van der Waals surface area contributed by atoms with Crippen molar-refractivity contribution in [3.8, 4) is 11.5 Å². The molecule has 102 valence electrons. The number of carboxylic acid groups (broad SMARTS) is 1. The van der Waals surface area contributed by atoms with Crippen molar-refractivity contribution in [2.45, 2.75) is 32.3 Å². The summed E-state index contributed by atoms with van der Waals surface area (Å²) in [6.07, 6.45) is 0.648. The van der Waals surface area contributed by atoms with Gasteiger partial charge < -0.3 is 14.6 Å². The van der Waals surface area contributed by atoms with Crippen LogP contribution in [-0.2, 0) is 11.2 Å². The van der Waals surface area contributed by atoms with Crippen molar-refractivity contribution < 1.29 is 24.2 Å². The van der Waals surface area contributed by atoms with E-state index in [9.17, 15) is 9.59 Å². The van der Waals surface area contributed by atoms with Gasteiger partial charge in [0.25, 0.3) is 0 Å². The second-order valence-corrected chi connectivity index (χ2v) is 4.61. The minimum Gasteiger partial charge on any atom is -0.496 e. The molecule has 1 atom stereocenters. The van der Waals surface area contributed by atoms with E-state index in [0.717, 1.165) is 12.0 Å². The normalized spacial score (nSPS) is 16.6. The number of fused-ring (bicyclic) bond motifs is 1. The van der Waals surface area contributed by atoms with Gasteiger partial charge in [0.15, 0.2) is 5.78 Å². The van der Waals surface area contributed by atoms with Gasteiger partial charge >= 0.3 is 5.97 Å². The van der Waals surface area contributed by atoms with Gasteiger partial charge in [-0.2, -0.15) is 0 Å². The maximum atomic E-state index is 12.0. The van der Waals surface area contributed by atoms with E-state index in [-0.39, 0.29) is 24.7 Å². The lowest BCUT2D eigenvalue weighted by atomic mass is 10.0. The maximum Gasteiger partial charge on any atom is 0.303 e. The van der Waals surface area contributed by atoms with Gasteiger partial charge in [0.1, 0.15) is 17.6 Å². The third-order valence-corrected chi connectivity index (χ3v) is 3.08. The van der Waals surface area contributed by atoms with Crippen LogP contribution in [0.5, 0.6) is 11.5 Å². The average Bonchev–Trinajstić information content (AvgIpc) is 2.73. The van der Waals surface area contributed by atoms with E-state index < -0.39 is 5.97 Å². The molecule has 0 radical (unpaired) electrons. The van der Waals surface area contributed by atoms with E-state index in [0.29, 0.717) is 17.1 Å². The molecule has 5 nitrogen and oxygen atoms in total. The Morgan fingerprint density at radius 2 is 2.16 bits per heavy atom. The lowest BCUT2D eigenvalue weighted by Crippen LogP contribution is -2.06. The first kappa shape index (κ1) is 13.4. The number of hydrogen-bond acceptors (Lipinski definition) is 4. The molecule has 0 spiro atoms. The van der Waals surface area contributed by atoms with Crippen LogP contribution in [0.4, 0.5) is 0 Å². The van der Waals surface area contributed by atoms with Gasteiger partial charge in [-0.15, -0.1) is 0 Å². The Morgan fingerprint density at radius 3 is 2.79 bits per heavy atom. The van der Waals surface area contributed by atoms with Gasteiger partial charge in [0.05, 0.1) is 19.1 Å². The second-order valence-electron chi connectivity index (χ2n) is 4.61. The van der Waals surface area contributed by atoms with E-state index in [1.165, 1.54) is 7.11 Å². The highest BCUT2D eigenvalue weighted by atomic mass is 16.5. The molecule has 0 saturated carbocycles. The van der Waals surface area contributed by atoms with Crippen molar-refractivity contribution >= 4 is 11.8 Å². The van der Waals surface area contributed by atoms with E-state index in [4.69, 9.17) is 14.6 Å². The number of hydrogen-bond donors (Lipinski definition) is 1. The Morgan fingerprint density at radius 1 is 1.42 bits per heavy atom. The molecule has 1 unspecified atom stereocenters. The standard InChI is InChI=1S/C14H16O5/c1-8-5-9-6-13(18-2)10(7-12(9)19-8)11(15)3-4-14(16)17/h6-8H,3-5H2,1-2H3,(H,16,17). The number of benzene rings is 1. The Balaban J connectivity index is 2.27. The molecule has 0 saturated heterocycles. The molecule has 0 aromatic heterocycles. The second kappa shape index (κ2) is 5.30. The third-order valence-electron chi connectivity index (χ3n) is 3.08. The number of ketones is 1.